The lowest BCUT2D eigenvalue weighted by atomic mass is 10.2. The maximum Gasteiger partial charge on any atom is 0.270 e. The van der Waals surface area contributed by atoms with Crippen LogP contribution in [0.1, 0.15) is 23.8 Å². The molecule has 0 fully saturated rings. The van der Waals surface area contributed by atoms with Crippen LogP contribution >= 0.6 is 0 Å². The topological polar surface area (TPSA) is 70.7 Å². The third kappa shape index (κ3) is 2.10. The summed E-state index contributed by atoms with van der Waals surface area (Å²) in [5.41, 5.74) is 0.457. The quantitative estimate of drug-likeness (QED) is 0.755. The molecule has 0 saturated carbocycles. The molecule has 1 N–H and O–H groups in total. The predicted molar refractivity (Wildman–Crippen MR) is 50.4 cm³/mol. The normalized spacial score (nSPS) is 11.8. The zero-order chi connectivity index (χ0) is 10.6. The van der Waals surface area contributed by atoms with Crippen molar-refractivity contribution in [2.24, 2.45) is 7.05 Å². The molecule has 1 heterocycles. The number of nitrogens with zero attached hydrogens (tertiary/aromatic N) is 3. The molecule has 5 heteroatoms. The summed E-state index contributed by atoms with van der Waals surface area (Å²) in [4.78, 5) is 15.4. The Bertz CT molecular complexity index is 363. The fraction of sp³-hybridized carbons (Fsp3) is 0.444. The van der Waals surface area contributed by atoms with Crippen molar-refractivity contribution in [1.29, 1.82) is 5.26 Å². The molecule has 0 bridgehead atoms. The summed E-state index contributed by atoms with van der Waals surface area (Å²) in [6.45, 7) is 1.84. The van der Waals surface area contributed by atoms with Crippen LogP contribution < -0.4 is 5.32 Å². The fourth-order valence-corrected chi connectivity index (χ4v) is 1.03. The van der Waals surface area contributed by atoms with Crippen LogP contribution in [-0.4, -0.2) is 21.5 Å². The number of carbonyl (C=O) groups is 1. The molecule has 0 spiro atoms. The molecule has 0 saturated heterocycles. The monoisotopic (exact) mass is 192 g/mol. The number of imidazole rings is 1. The maximum absolute atomic E-state index is 11.5. The second-order valence-corrected chi connectivity index (χ2v) is 2.95. The van der Waals surface area contributed by atoms with Crippen LogP contribution in [-0.2, 0) is 7.05 Å². The molecular formula is C9H12N4O. The van der Waals surface area contributed by atoms with E-state index in [0.717, 1.165) is 0 Å². The molecule has 1 atom stereocenters. The van der Waals surface area contributed by atoms with Gasteiger partial charge in [-0.3, -0.25) is 4.79 Å². The second-order valence-electron chi connectivity index (χ2n) is 2.95. The molecule has 5 nitrogen and oxygen atoms in total. The van der Waals surface area contributed by atoms with E-state index in [-0.39, 0.29) is 5.91 Å². The van der Waals surface area contributed by atoms with E-state index in [4.69, 9.17) is 5.26 Å². The number of hydrogen-bond donors (Lipinski definition) is 1. The van der Waals surface area contributed by atoms with Gasteiger partial charge in [-0.1, -0.05) is 6.92 Å². The molecule has 1 amide bonds. The standard InChI is InChI=1S/C9H12N4O/c1-3-7(4-10)12-9(14)8-5-11-6-13(8)2/h5-7H,3H2,1-2H3,(H,12,14). The Balaban J connectivity index is 2.69. The minimum absolute atomic E-state index is 0.265. The number of nitrogens with one attached hydrogen (secondary N) is 1. The van der Waals surface area contributed by atoms with E-state index < -0.39 is 6.04 Å². The van der Waals surface area contributed by atoms with E-state index in [0.29, 0.717) is 12.1 Å². The van der Waals surface area contributed by atoms with Gasteiger partial charge in [0.25, 0.3) is 5.91 Å². The average molecular weight is 192 g/mol. The van der Waals surface area contributed by atoms with Gasteiger partial charge in [-0.2, -0.15) is 5.26 Å². The Morgan fingerprint density at radius 3 is 3.00 bits per heavy atom. The van der Waals surface area contributed by atoms with Crippen LogP contribution in [0.2, 0.25) is 0 Å². The van der Waals surface area contributed by atoms with Crippen LogP contribution in [0.25, 0.3) is 0 Å². The molecule has 0 aliphatic heterocycles. The molecule has 0 aliphatic rings. The Morgan fingerprint density at radius 1 is 1.86 bits per heavy atom. The Morgan fingerprint density at radius 2 is 2.57 bits per heavy atom. The Hall–Kier alpha value is -1.83. The molecule has 74 valence electrons. The van der Waals surface area contributed by atoms with E-state index in [1.165, 1.54) is 6.20 Å². The van der Waals surface area contributed by atoms with E-state index >= 15 is 0 Å². The lowest BCUT2D eigenvalue weighted by Crippen LogP contribution is -2.34. The van der Waals surface area contributed by atoms with Gasteiger partial charge in [-0.15, -0.1) is 0 Å². The highest BCUT2D eigenvalue weighted by atomic mass is 16.2. The van der Waals surface area contributed by atoms with Crippen molar-refractivity contribution in [2.45, 2.75) is 19.4 Å². The number of aryl methyl sites for hydroxylation is 1. The Kier molecular flexibility index (Phi) is 3.24. The minimum Gasteiger partial charge on any atom is -0.335 e. The van der Waals surface area contributed by atoms with Crippen molar-refractivity contribution in [3.05, 3.63) is 18.2 Å². The molecule has 1 aromatic rings. The summed E-state index contributed by atoms with van der Waals surface area (Å²) >= 11 is 0. The van der Waals surface area contributed by atoms with Gasteiger partial charge in [-0.25, -0.2) is 4.98 Å². The zero-order valence-corrected chi connectivity index (χ0v) is 8.19. The highest BCUT2D eigenvalue weighted by Gasteiger charge is 2.13. The third-order valence-corrected chi connectivity index (χ3v) is 1.92. The zero-order valence-electron chi connectivity index (χ0n) is 8.19. The third-order valence-electron chi connectivity index (χ3n) is 1.92. The first kappa shape index (κ1) is 10.3. The number of amides is 1. The largest absolute Gasteiger partial charge is 0.335 e. The van der Waals surface area contributed by atoms with Gasteiger partial charge in [0, 0.05) is 7.05 Å². The van der Waals surface area contributed by atoms with Gasteiger partial charge in [0.05, 0.1) is 18.6 Å². The van der Waals surface area contributed by atoms with Gasteiger partial charge in [-0.05, 0) is 6.42 Å². The number of hydrogen-bond acceptors (Lipinski definition) is 3. The number of rotatable bonds is 3. The van der Waals surface area contributed by atoms with Crippen molar-refractivity contribution in [2.75, 3.05) is 0 Å². The van der Waals surface area contributed by atoms with E-state index in [2.05, 4.69) is 10.3 Å². The molecule has 1 rings (SSSR count). The van der Waals surface area contributed by atoms with E-state index in [1.54, 1.807) is 17.9 Å². The number of aromatic nitrogens is 2. The van der Waals surface area contributed by atoms with Crippen molar-refractivity contribution in [3.63, 3.8) is 0 Å². The predicted octanol–water partition coefficient (Wildman–Crippen LogP) is 0.452. The molecule has 0 aromatic carbocycles. The summed E-state index contributed by atoms with van der Waals surface area (Å²) in [7, 11) is 1.73. The first-order valence-corrected chi connectivity index (χ1v) is 4.35. The Labute approximate surface area is 82.4 Å². The highest BCUT2D eigenvalue weighted by molar-refractivity contribution is 5.92. The van der Waals surface area contributed by atoms with Gasteiger partial charge in [0.15, 0.2) is 0 Å². The maximum atomic E-state index is 11.5. The van der Waals surface area contributed by atoms with Crippen LogP contribution in [0.4, 0.5) is 0 Å². The fourth-order valence-electron chi connectivity index (χ4n) is 1.03. The number of carbonyl (C=O) groups excluding carboxylic acids is 1. The average Bonchev–Trinajstić information content (AvgIpc) is 2.60. The van der Waals surface area contributed by atoms with E-state index in [1.807, 2.05) is 13.0 Å². The smallest absolute Gasteiger partial charge is 0.270 e. The summed E-state index contributed by atoms with van der Waals surface area (Å²) in [6, 6.07) is 1.57. The van der Waals surface area contributed by atoms with Gasteiger partial charge in [0.2, 0.25) is 0 Å². The van der Waals surface area contributed by atoms with Crippen molar-refractivity contribution in [3.8, 4) is 6.07 Å². The van der Waals surface area contributed by atoms with Crippen molar-refractivity contribution < 1.29 is 4.79 Å². The highest BCUT2D eigenvalue weighted by Crippen LogP contribution is 1.97. The van der Waals surface area contributed by atoms with Crippen LogP contribution in [0.3, 0.4) is 0 Å². The van der Waals surface area contributed by atoms with Crippen LogP contribution in [0, 0.1) is 11.3 Å². The van der Waals surface area contributed by atoms with E-state index in [9.17, 15) is 4.79 Å². The van der Waals surface area contributed by atoms with Crippen molar-refractivity contribution >= 4 is 5.91 Å². The molecule has 1 unspecified atom stereocenters. The summed E-state index contributed by atoms with van der Waals surface area (Å²) < 4.78 is 1.61. The molecule has 0 radical (unpaired) electrons. The summed E-state index contributed by atoms with van der Waals surface area (Å²) in [6.07, 6.45) is 3.61. The first-order valence-electron chi connectivity index (χ1n) is 4.35. The van der Waals surface area contributed by atoms with Crippen LogP contribution in [0.15, 0.2) is 12.5 Å². The molecule has 14 heavy (non-hydrogen) atoms. The lowest BCUT2D eigenvalue weighted by Gasteiger charge is -2.08. The first-order chi connectivity index (χ1) is 6.69. The second kappa shape index (κ2) is 4.42. The molecular weight excluding hydrogens is 180 g/mol. The molecule has 0 aliphatic carbocycles. The van der Waals surface area contributed by atoms with Gasteiger partial charge >= 0.3 is 0 Å². The SMILES string of the molecule is CCC(C#N)NC(=O)c1cncn1C. The van der Waals surface area contributed by atoms with Gasteiger partial charge in [0.1, 0.15) is 11.7 Å². The van der Waals surface area contributed by atoms with Crippen molar-refractivity contribution in [1.82, 2.24) is 14.9 Å². The van der Waals surface area contributed by atoms with Gasteiger partial charge < -0.3 is 9.88 Å². The minimum atomic E-state index is -0.433. The summed E-state index contributed by atoms with van der Waals surface area (Å²) in [5.74, 6) is -0.265. The van der Waals surface area contributed by atoms with Crippen LogP contribution in [0.5, 0.6) is 0 Å². The number of nitriles is 1. The summed E-state index contributed by atoms with van der Waals surface area (Å²) in [5, 5.41) is 11.3. The lowest BCUT2D eigenvalue weighted by molar-refractivity contribution is 0.0936. The molecule has 1 aromatic heterocycles.